The highest BCUT2D eigenvalue weighted by molar-refractivity contribution is 6.30. The van der Waals surface area contributed by atoms with Crippen LogP contribution in [0, 0.1) is 6.92 Å². The van der Waals surface area contributed by atoms with Crippen LogP contribution < -0.4 is 0 Å². The summed E-state index contributed by atoms with van der Waals surface area (Å²) in [6.07, 6.45) is 2.97. The van der Waals surface area contributed by atoms with Crippen LogP contribution in [0.25, 0.3) is 0 Å². The number of hydrogen-bond donors (Lipinski definition) is 0. The van der Waals surface area contributed by atoms with Crippen molar-refractivity contribution in [1.29, 1.82) is 0 Å². The van der Waals surface area contributed by atoms with Crippen LogP contribution in [0.3, 0.4) is 0 Å². The Labute approximate surface area is 117 Å². The van der Waals surface area contributed by atoms with Crippen molar-refractivity contribution < 1.29 is 4.79 Å². The van der Waals surface area contributed by atoms with Gasteiger partial charge in [-0.2, -0.15) is 9.78 Å². The number of aryl methyl sites for hydroxylation is 1. The van der Waals surface area contributed by atoms with Crippen molar-refractivity contribution in [2.45, 2.75) is 20.4 Å². The molecule has 0 atom stereocenters. The van der Waals surface area contributed by atoms with Crippen LogP contribution in [0.2, 0.25) is 5.02 Å². The number of carbonyl (C=O) groups is 1. The minimum Gasteiger partial charge on any atom is -0.319 e. The van der Waals surface area contributed by atoms with Crippen LogP contribution in [-0.4, -0.2) is 27.3 Å². The molecular formula is C14H16ClN3O. The van der Waals surface area contributed by atoms with E-state index in [-0.39, 0.29) is 6.03 Å². The molecular weight excluding hydrogens is 262 g/mol. The van der Waals surface area contributed by atoms with E-state index in [4.69, 9.17) is 11.6 Å². The second kappa shape index (κ2) is 5.89. The lowest BCUT2D eigenvalue weighted by Crippen LogP contribution is -2.34. The van der Waals surface area contributed by atoms with E-state index in [1.165, 1.54) is 22.6 Å². The summed E-state index contributed by atoms with van der Waals surface area (Å²) in [6, 6.07) is 7.97. The zero-order chi connectivity index (χ0) is 13.8. The molecule has 0 aliphatic rings. The molecule has 1 amide bonds. The van der Waals surface area contributed by atoms with E-state index in [1.54, 1.807) is 4.90 Å². The highest BCUT2D eigenvalue weighted by Gasteiger charge is 2.15. The molecule has 0 aliphatic heterocycles. The average molecular weight is 278 g/mol. The first-order chi connectivity index (χ1) is 9.10. The molecule has 0 bridgehead atoms. The smallest absolute Gasteiger partial charge is 0.319 e. The van der Waals surface area contributed by atoms with Crippen LogP contribution in [0.4, 0.5) is 4.79 Å². The summed E-state index contributed by atoms with van der Waals surface area (Å²) < 4.78 is 1.26. The van der Waals surface area contributed by atoms with Gasteiger partial charge in [-0.25, -0.2) is 4.79 Å². The number of rotatable bonds is 3. The molecule has 2 aromatic rings. The molecule has 0 unspecified atom stereocenters. The molecule has 5 heteroatoms. The molecule has 4 nitrogen and oxygen atoms in total. The van der Waals surface area contributed by atoms with E-state index in [9.17, 15) is 4.79 Å². The Hall–Kier alpha value is -1.81. The van der Waals surface area contributed by atoms with E-state index in [2.05, 4.69) is 5.10 Å². The van der Waals surface area contributed by atoms with Gasteiger partial charge in [-0.1, -0.05) is 41.4 Å². The van der Waals surface area contributed by atoms with Crippen LogP contribution in [0.15, 0.2) is 36.7 Å². The van der Waals surface area contributed by atoms with E-state index in [0.29, 0.717) is 18.1 Å². The topological polar surface area (TPSA) is 38.1 Å². The van der Waals surface area contributed by atoms with Gasteiger partial charge in [0.25, 0.3) is 0 Å². The lowest BCUT2D eigenvalue weighted by Gasteiger charge is -2.20. The molecule has 0 aliphatic carbocycles. The Morgan fingerprint density at radius 1 is 1.37 bits per heavy atom. The summed E-state index contributed by atoms with van der Waals surface area (Å²) in [7, 11) is 0. The molecule has 0 saturated heterocycles. The number of carbonyl (C=O) groups excluding carboxylic acids is 1. The monoisotopic (exact) mass is 277 g/mol. The SMILES string of the molecule is CCN(Cc1ccc(C)cc1)C(=O)n1cc(Cl)cn1. The van der Waals surface area contributed by atoms with Gasteiger partial charge in [0.05, 0.1) is 17.4 Å². The third-order valence-electron chi connectivity index (χ3n) is 2.89. The van der Waals surface area contributed by atoms with Crippen molar-refractivity contribution in [2.75, 3.05) is 6.54 Å². The van der Waals surface area contributed by atoms with Gasteiger partial charge in [0.2, 0.25) is 0 Å². The second-order valence-electron chi connectivity index (χ2n) is 4.39. The summed E-state index contributed by atoms with van der Waals surface area (Å²) in [4.78, 5) is 13.9. The minimum absolute atomic E-state index is 0.171. The van der Waals surface area contributed by atoms with Crippen molar-refractivity contribution in [1.82, 2.24) is 14.7 Å². The Balaban J connectivity index is 2.11. The maximum Gasteiger partial charge on any atom is 0.344 e. The molecule has 0 N–H and O–H groups in total. The third-order valence-corrected chi connectivity index (χ3v) is 3.09. The maximum absolute atomic E-state index is 12.2. The molecule has 2 rings (SSSR count). The number of amides is 1. The number of benzene rings is 1. The lowest BCUT2D eigenvalue weighted by atomic mass is 10.1. The van der Waals surface area contributed by atoms with Crippen molar-refractivity contribution in [3.8, 4) is 0 Å². The van der Waals surface area contributed by atoms with Gasteiger partial charge in [-0.15, -0.1) is 0 Å². The second-order valence-corrected chi connectivity index (χ2v) is 4.82. The molecule has 100 valence electrons. The Morgan fingerprint density at radius 3 is 2.58 bits per heavy atom. The van der Waals surface area contributed by atoms with Crippen LogP contribution in [-0.2, 0) is 6.54 Å². The molecule has 1 aromatic carbocycles. The summed E-state index contributed by atoms with van der Waals surface area (Å²) >= 11 is 5.78. The van der Waals surface area contributed by atoms with Crippen molar-refractivity contribution in [2.24, 2.45) is 0 Å². The quantitative estimate of drug-likeness (QED) is 0.863. The number of nitrogens with zero attached hydrogens (tertiary/aromatic N) is 3. The first-order valence-corrected chi connectivity index (χ1v) is 6.53. The van der Waals surface area contributed by atoms with Gasteiger partial charge in [0.1, 0.15) is 0 Å². The van der Waals surface area contributed by atoms with E-state index >= 15 is 0 Å². The molecule has 1 aromatic heterocycles. The van der Waals surface area contributed by atoms with Gasteiger partial charge in [0.15, 0.2) is 0 Å². The molecule has 0 radical (unpaired) electrons. The van der Waals surface area contributed by atoms with E-state index < -0.39 is 0 Å². The standard InChI is InChI=1S/C14H16ClN3O/c1-3-17(9-12-6-4-11(2)5-7-12)14(19)18-10-13(15)8-16-18/h4-8,10H,3,9H2,1-2H3. The molecule has 1 heterocycles. The van der Waals surface area contributed by atoms with E-state index in [0.717, 1.165) is 5.56 Å². The Morgan fingerprint density at radius 2 is 2.05 bits per heavy atom. The summed E-state index contributed by atoms with van der Waals surface area (Å²) in [5.41, 5.74) is 2.30. The summed E-state index contributed by atoms with van der Waals surface area (Å²) in [6.45, 7) is 5.16. The van der Waals surface area contributed by atoms with Gasteiger partial charge in [-0.05, 0) is 19.4 Å². The predicted octanol–water partition coefficient (Wildman–Crippen LogP) is 3.34. The summed E-state index contributed by atoms with van der Waals surface area (Å²) in [5.74, 6) is 0. The average Bonchev–Trinajstić information content (AvgIpc) is 2.84. The fourth-order valence-corrected chi connectivity index (χ4v) is 1.91. The first-order valence-electron chi connectivity index (χ1n) is 6.15. The predicted molar refractivity (Wildman–Crippen MR) is 75.3 cm³/mol. The largest absolute Gasteiger partial charge is 0.344 e. The van der Waals surface area contributed by atoms with Crippen molar-refractivity contribution in [3.05, 3.63) is 52.8 Å². The van der Waals surface area contributed by atoms with Gasteiger partial charge in [-0.3, -0.25) is 0 Å². The van der Waals surface area contributed by atoms with E-state index in [1.807, 2.05) is 38.1 Å². The van der Waals surface area contributed by atoms with Gasteiger partial charge >= 0.3 is 6.03 Å². The van der Waals surface area contributed by atoms with Crippen LogP contribution >= 0.6 is 11.6 Å². The van der Waals surface area contributed by atoms with Crippen LogP contribution in [0.5, 0.6) is 0 Å². The summed E-state index contributed by atoms with van der Waals surface area (Å²) in [5, 5.41) is 4.39. The highest BCUT2D eigenvalue weighted by Crippen LogP contribution is 2.10. The Bertz CT molecular complexity index is 562. The zero-order valence-corrected chi connectivity index (χ0v) is 11.8. The Kier molecular flexibility index (Phi) is 4.22. The fourth-order valence-electron chi connectivity index (χ4n) is 1.78. The molecule has 0 fully saturated rings. The normalized spacial score (nSPS) is 10.5. The first kappa shape index (κ1) is 13.6. The molecule has 0 saturated carbocycles. The number of hydrogen-bond acceptors (Lipinski definition) is 2. The van der Waals surface area contributed by atoms with Gasteiger partial charge in [0, 0.05) is 13.1 Å². The fraction of sp³-hybridized carbons (Fsp3) is 0.286. The minimum atomic E-state index is -0.171. The third kappa shape index (κ3) is 3.35. The van der Waals surface area contributed by atoms with Crippen molar-refractivity contribution >= 4 is 17.6 Å². The number of aromatic nitrogens is 2. The molecule has 19 heavy (non-hydrogen) atoms. The van der Waals surface area contributed by atoms with Gasteiger partial charge < -0.3 is 4.90 Å². The molecule has 0 spiro atoms. The number of halogens is 1. The maximum atomic E-state index is 12.2. The lowest BCUT2D eigenvalue weighted by molar-refractivity contribution is 0.196. The zero-order valence-electron chi connectivity index (χ0n) is 11.0. The van der Waals surface area contributed by atoms with Crippen LogP contribution in [0.1, 0.15) is 18.1 Å². The van der Waals surface area contributed by atoms with Crippen molar-refractivity contribution in [3.63, 3.8) is 0 Å². The highest BCUT2D eigenvalue weighted by atomic mass is 35.5.